The quantitative estimate of drug-likeness (QED) is 0.396. The van der Waals surface area contributed by atoms with E-state index in [9.17, 15) is 22.8 Å². The average molecular weight is 654 g/mol. The third kappa shape index (κ3) is 6.31. The molecule has 6 rings (SSSR count). The molecule has 2 aromatic rings. The van der Waals surface area contributed by atoms with Crippen molar-refractivity contribution in [3.05, 3.63) is 42.6 Å². The van der Waals surface area contributed by atoms with Gasteiger partial charge in [-0.05, 0) is 50.0 Å². The lowest BCUT2D eigenvalue weighted by Gasteiger charge is -2.30. The maximum atomic E-state index is 14.1. The number of hydrogen-bond acceptors (Lipinski definition) is 9. The summed E-state index contributed by atoms with van der Waals surface area (Å²) in [6.45, 7) is 4.11. The minimum atomic E-state index is -3.84. The summed E-state index contributed by atoms with van der Waals surface area (Å²) in [6, 6.07) is 5.69. The molecule has 1 saturated heterocycles. The molecular formula is C33H43N5O7S. The SMILES string of the molecule is COc1cnc(O[C@@H]2C[C@H]3C(=O)N[C@]4(C(=O)NS(=O)(=O)C5CC5)C[C@H]4/C=C\C(C)CCC[C@@H](C)[C@H](N)C(=O)N3C2)c2ccccc12. The Morgan fingerprint density at radius 2 is 1.85 bits per heavy atom. The fourth-order valence-corrected chi connectivity index (χ4v) is 8.06. The number of nitrogens with two attached hydrogens (primary N) is 1. The van der Waals surface area contributed by atoms with Gasteiger partial charge in [-0.2, -0.15) is 0 Å². The van der Waals surface area contributed by atoms with Gasteiger partial charge in [0.2, 0.25) is 27.7 Å². The number of nitrogens with zero attached hydrogens (tertiary/aromatic N) is 2. The van der Waals surface area contributed by atoms with E-state index in [-0.39, 0.29) is 43.0 Å². The van der Waals surface area contributed by atoms with Gasteiger partial charge in [-0.25, -0.2) is 13.4 Å². The Morgan fingerprint density at radius 3 is 2.57 bits per heavy atom. The number of nitrogens with one attached hydrogen (secondary N) is 2. The zero-order valence-corrected chi connectivity index (χ0v) is 27.3. The van der Waals surface area contributed by atoms with Gasteiger partial charge in [0.05, 0.1) is 31.1 Å². The van der Waals surface area contributed by atoms with Crippen molar-refractivity contribution in [3.8, 4) is 11.6 Å². The van der Waals surface area contributed by atoms with E-state index in [0.29, 0.717) is 24.5 Å². The number of amides is 3. The number of methoxy groups -OCH3 is 1. The number of aromatic nitrogens is 1. The monoisotopic (exact) mass is 653 g/mol. The number of carbonyl (C=O) groups excluding carboxylic acids is 3. The van der Waals surface area contributed by atoms with Crippen LogP contribution in [-0.4, -0.2) is 78.7 Å². The van der Waals surface area contributed by atoms with Gasteiger partial charge in [0, 0.05) is 23.1 Å². The largest absolute Gasteiger partial charge is 0.494 e. The van der Waals surface area contributed by atoms with Gasteiger partial charge >= 0.3 is 0 Å². The number of carbonyl (C=O) groups is 3. The number of pyridine rings is 1. The Bertz CT molecular complexity index is 1660. The molecule has 46 heavy (non-hydrogen) atoms. The Balaban J connectivity index is 1.30. The third-order valence-corrected chi connectivity index (χ3v) is 11.7. The van der Waals surface area contributed by atoms with Gasteiger partial charge in [0.15, 0.2) is 0 Å². The van der Waals surface area contributed by atoms with Gasteiger partial charge in [-0.3, -0.25) is 19.1 Å². The fraction of sp³-hybridized carbons (Fsp3) is 0.576. The summed E-state index contributed by atoms with van der Waals surface area (Å²) >= 11 is 0. The highest BCUT2D eigenvalue weighted by atomic mass is 32.2. The molecule has 7 atom stereocenters. The smallest absolute Gasteiger partial charge is 0.259 e. The molecule has 4 aliphatic rings. The predicted molar refractivity (Wildman–Crippen MR) is 171 cm³/mol. The van der Waals surface area contributed by atoms with Crippen LogP contribution in [0.3, 0.4) is 0 Å². The van der Waals surface area contributed by atoms with Crippen LogP contribution in [-0.2, 0) is 24.4 Å². The number of hydrogen-bond donors (Lipinski definition) is 3. The maximum Gasteiger partial charge on any atom is 0.259 e. The second-order valence-corrected chi connectivity index (χ2v) is 15.4. The van der Waals surface area contributed by atoms with E-state index in [4.69, 9.17) is 15.2 Å². The predicted octanol–water partition coefficient (Wildman–Crippen LogP) is 2.41. The summed E-state index contributed by atoms with van der Waals surface area (Å²) in [5.74, 6) is -1.04. The van der Waals surface area contributed by atoms with Crippen molar-refractivity contribution in [1.82, 2.24) is 19.9 Å². The number of benzene rings is 1. The van der Waals surface area contributed by atoms with Gasteiger partial charge in [0.25, 0.3) is 5.91 Å². The molecule has 2 saturated carbocycles. The van der Waals surface area contributed by atoms with Crippen molar-refractivity contribution < 1.29 is 32.3 Å². The second kappa shape index (κ2) is 12.5. The van der Waals surface area contributed by atoms with Crippen molar-refractivity contribution in [2.75, 3.05) is 13.7 Å². The molecule has 0 radical (unpaired) electrons. The van der Waals surface area contributed by atoms with E-state index < -0.39 is 50.8 Å². The highest BCUT2D eigenvalue weighted by molar-refractivity contribution is 7.91. The van der Waals surface area contributed by atoms with Crippen LogP contribution in [0.4, 0.5) is 0 Å². The minimum absolute atomic E-state index is 0.0923. The lowest BCUT2D eigenvalue weighted by atomic mass is 9.92. The first-order valence-electron chi connectivity index (χ1n) is 16.1. The highest BCUT2D eigenvalue weighted by Crippen LogP contribution is 2.46. The molecule has 3 amide bonds. The first-order chi connectivity index (χ1) is 21.9. The summed E-state index contributed by atoms with van der Waals surface area (Å²) in [4.78, 5) is 47.5. The summed E-state index contributed by atoms with van der Waals surface area (Å²) in [5, 5.41) is 3.83. The lowest BCUT2D eigenvalue weighted by Crippen LogP contribution is -2.58. The normalized spacial score (nSPS) is 32.7. The molecular weight excluding hydrogens is 610 g/mol. The van der Waals surface area contributed by atoms with E-state index in [2.05, 4.69) is 21.9 Å². The average Bonchev–Trinajstić information content (AvgIpc) is 3.96. The molecule has 4 N–H and O–H groups in total. The molecule has 3 fully saturated rings. The summed E-state index contributed by atoms with van der Waals surface area (Å²) in [5.41, 5.74) is 5.08. The molecule has 0 spiro atoms. The number of allylic oxidation sites excluding steroid dienone is 1. The van der Waals surface area contributed by atoms with Crippen LogP contribution in [0, 0.1) is 17.8 Å². The number of ether oxygens (including phenoxy) is 2. The topological polar surface area (TPSA) is 170 Å². The van der Waals surface area contributed by atoms with E-state index >= 15 is 0 Å². The summed E-state index contributed by atoms with van der Waals surface area (Å²) < 4.78 is 39.5. The molecule has 0 bridgehead atoms. The summed E-state index contributed by atoms with van der Waals surface area (Å²) in [6.07, 6.45) is 8.76. The third-order valence-electron chi connectivity index (χ3n) is 9.92. The van der Waals surface area contributed by atoms with E-state index in [1.165, 1.54) is 4.90 Å². The van der Waals surface area contributed by atoms with Crippen molar-refractivity contribution >= 4 is 38.5 Å². The van der Waals surface area contributed by atoms with Crippen molar-refractivity contribution in [2.24, 2.45) is 23.5 Å². The molecule has 1 aromatic carbocycles. The molecule has 1 unspecified atom stereocenters. The molecule has 3 heterocycles. The van der Waals surface area contributed by atoms with Gasteiger partial charge in [0.1, 0.15) is 23.4 Å². The number of fused-ring (bicyclic) bond motifs is 3. The molecule has 2 aliphatic carbocycles. The summed E-state index contributed by atoms with van der Waals surface area (Å²) in [7, 11) is -2.27. The molecule has 13 heteroatoms. The standard InChI is InChI=1S/C33H43N5O7S/c1-19-7-6-8-20(2)28(34)31(40)38-18-22(45-30-25-10-5-4-9-24(25)27(44-3)17-35-30)15-26(38)29(39)36-33(16-21(33)12-11-19)32(41)37-46(42,43)23-13-14-23/h4-5,9-12,17,19-23,26,28H,6-8,13-16,18,34H2,1-3H3,(H,36,39)(H,37,41)/b12-11-/t19?,20-,21-,22-,26+,28+,33-/m1/s1. The Labute approximate surface area is 269 Å². The van der Waals surface area contributed by atoms with Crippen LogP contribution in [0.15, 0.2) is 42.6 Å². The minimum Gasteiger partial charge on any atom is -0.494 e. The zero-order valence-electron chi connectivity index (χ0n) is 26.5. The van der Waals surface area contributed by atoms with Crippen molar-refractivity contribution in [3.63, 3.8) is 0 Å². The van der Waals surface area contributed by atoms with Crippen LogP contribution in [0.5, 0.6) is 11.6 Å². The molecule has 248 valence electrons. The first-order valence-corrected chi connectivity index (χ1v) is 17.7. The maximum absolute atomic E-state index is 14.1. The van der Waals surface area contributed by atoms with Crippen molar-refractivity contribution in [2.45, 2.75) is 87.8 Å². The van der Waals surface area contributed by atoms with Gasteiger partial charge in [-0.1, -0.05) is 50.6 Å². The Hall–Kier alpha value is -3.71. The van der Waals surface area contributed by atoms with Crippen LogP contribution >= 0.6 is 0 Å². The lowest BCUT2D eigenvalue weighted by molar-refractivity contribution is -0.141. The second-order valence-electron chi connectivity index (χ2n) is 13.4. The number of sulfonamides is 1. The van der Waals surface area contributed by atoms with E-state index in [1.807, 2.05) is 43.3 Å². The number of rotatable bonds is 6. The Morgan fingerprint density at radius 1 is 1.11 bits per heavy atom. The van der Waals surface area contributed by atoms with Crippen LogP contribution in [0.2, 0.25) is 0 Å². The zero-order chi connectivity index (χ0) is 32.8. The fourth-order valence-electron chi connectivity index (χ4n) is 6.69. The van der Waals surface area contributed by atoms with Crippen LogP contribution < -0.4 is 25.2 Å². The molecule has 1 aromatic heterocycles. The molecule has 2 aliphatic heterocycles. The first kappa shape index (κ1) is 32.2. The van der Waals surface area contributed by atoms with Crippen molar-refractivity contribution in [1.29, 1.82) is 0 Å². The van der Waals surface area contributed by atoms with Crippen LogP contribution in [0.1, 0.15) is 58.8 Å². The van der Waals surface area contributed by atoms with Gasteiger partial charge in [-0.15, -0.1) is 0 Å². The van der Waals surface area contributed by atoms with Crippen LogP contribution in [0.25, 0.3) is 10.8 Å². The van der Waals surface area contributed by atoms with E-state index in [0.717, 1.165) is 30.0 Å². The highest BCUT2D eigenvalue weighted by Gasteiger charge is 2.62. The Kier molecular flexibility index (Phi) is 8.75. The molecule has 12 nitrogen and oxygen atoms in total. The van der Waals surface area contributed by atoms with Gasteiger partial charge < -0.3 is 25.4 Å². The van der Waals surface area contributed by atoms with E-state index in [1.54, 1.807) is 13.3 Å².